The first-order valence-electron chi connectivity index (χ1n) is 11.8. The molecule has 2 N–H and O–H groups in total. The van der Waals surface area contributed by atoms with Crippen molar-refractivity contribution in [3.63, 3.8) is 0 Å². The molecule has 9 heteroatoms. The van der Waals surface area contributed by atoms with Crippen LogP contribution < -0.4 is 5.32 Å². The molecule has 0 aliphatic carbocycles. The van der Waals surface area contributed by atoms with Crippen molar-refractivity contribution in [3.8, 4) is 0 Å². The van der Waals surface area contributed by atoms with E-state index in [0.29, 0.717) is 31.7 Å². The number of halogens is 3. The summed E-state index contributed by atoms with van der Waals surface area (Å²) in [4.78, 5) is 18.4. The van der Waals surface area contributed by atoms with Crippen molar-refractivity contribution < 1.29 is 27.8 Å². The number of pyridine rings is 1. The van der Waals surface area contributed by atoms with Gasteiger partial charge in [0.15, 0.2) is 0 Å². The van der Waals surface area contributed by atoms with Crippen molar-refractivity contribution in [1.82, 2.24) is 9.88 Å². The lowest BCUT2D eigenvalue weighted by Crippen LogP contribution is -2.33. The summed E-state index contributed by atoms with van der Waals surface area (Å²) in [5, 5.41) is 13.1. The zero-order valence-electron chi connectivity index (χ0n) is 19.0. The third-order valence-electron chi connectivity index (χ3n) is 6.46. The number of unbranched alkanes of at least 4 members (excludes halogenated alkanes) is 1. The van der Waals surface area contributed by atoms with Crippen molar-refractivity contribution in [3.05, 3.63) is 58.8 Å². The quantitative estimate of drug-likeness (QED) is 0.510. The molecule has 1 aromatic carbocycles. The SMILES string of the molecule is O=C(O)[C@@H](c1ccc(C(F)(F)F)cc1)N1CC[C@@H](OCCCCc2ccc3c(n2)NCCC3)C1. The summed E-state index contributed by atoms with van der Waals surface area (Å²) >= 11 is 0. The molecule has 6 nitrogen and oxygen atoms in total. The fourth-order valence-corrected chi connectivity index (χ4v) is 4.65. The fraction of sp³-hybridized carbons (Fsp3) is 0.520. The van der Waals surface area contributed by atoms with E-state index < -0.39 is 23.8 Å². The molecule has 1 saturated heterocycles. The summed E-state index contributed by atoms with van der Waals surface area (Å²) in [7, 11) is 0. The van der Waals surface area contributed by atoms with Crippen molar-refractivity contribution >= 4 is 11.8 Å². The van der Waals surface area contributed by atoms with E-state index in [0.717, 1.165) is 62.3 Å². The van der Waals surface area contributed by atoms with Gasteiger partial charge in [-0.3, -0.25) is 9.69 Å². The van der Waals surface area contributed by atoms with E-state index in [9.17, 15) is 23.1 Å². The molecular formula is C25H30F3N3O3. The molecule has 3 heterocycles. The fourth-order valence-electron chi connectivity index (χ4n) is 4.65. The van der Waals surface area contributed by atoms with Gasteiger partial charge in [0.05, 0.1) is 11.7 Å². The molecule has 0 bridgehead atoms. The Morgan fingerprint density at radius 3 is 2.74 bits per heavy atom. The monoisotopic (exact) mass is 477 g/mol. The lowest BCUT2D eigenvalue weighted by molar-refractivity contribution is -0.143. The minimum Gasteiger partial charge on any atom is -0.480 e. The van der Waals surface area contributed by atoms with Crippen LogP contribution in [0.25, 0.3) is 0 Å². The number of carboxylic acids is 1. The first kappa shape index (κ1) is 24.5. The normalized spacial score (nSPS) is 19.4. The van der Waals surface area contributed by atoms with Crippen LogP contribution in [0.3, 0.4) is 0 Å². The number of aromatic nitrogens is 1. The topological polar surface area (TPSA) is 74.7 Å². The summed E-state index contributed by atoms with van der Waals surface area (Å²) in [5.74, 6) is -0.0699. The van der Waals surface area contributed by atoms with E-state index in [1.807, 2.05) is 0 Å². The maximum absolute atomic E-state index is 12.8. The number of aryl methyl sites for hydroxylation is 2. The van der Waals surface area contributed by atoms with Gasteiger partial charge in [-0.15, -0.1) is 0 Å². The maximum Gasteiger partial charge on any atom is 0.416 e. The second-order valence-corrected chi connectivity index (χ2v) is 8.93. The van der Waals surface area contributed by atoms with Crippen molar-refractivity contribution in [2.45, 2.75) is 56.8 Å². The van der Waals surface area contributed by atoms with Crippen molar-refractivity contribution in [2.24, 2.45) is 0 Å². The Balaban J connectivity index is 1.22. The Kier molecular flexibility index (Phi) is 7.73. The molecule has 2 aromatic rings. The van der Waals surface area contributed by atoms with Crippen LogP contribution in [0, 0.1) is 0 Å². The average Bonchev–Trinajstić information content (AvgIpc) is 3.26. The third kappa shape index (κ3) is 6.07. The predicted molar refractivity (Wildman–Crippen MR) is 122 cm³/mol. The van der Waals surface area contributed by atoms with Gasteiger partial charge in [0.25, 0.3) is 0 Å². The largest absolute Gasteiger partial charge is 0.480 e. The minimum atomic E-state index is -4.45. The van der Waals surface area contributed by atoms with Gasteiger partial charge in [-0.05, 0) is 67.9 Å². The van der Waals surface area contributed by atoms with E-state index in [1.165, 1.54) is 17.7 Å². The Labute approximate surface area is 197 Å². The number of ether oxygens (including phenoxy) is 1. The molecule has 0 unspecified atom stereocenters. The van der Waals surface area contributed by atoms with Gasteiger partial charge < -0.3 is 15.2 Å². The first-order valence-corrected chi connectivity index (χ1v) is 11.8. The second kappa shape index (κ2) is 10.7. The molecule has 184 valence electrons. The zero-order valence-corrected chi connectivity index (χ0v) is 19.0. The molecule has 2 aliphatic heterocycles. The van der Waals surface area contributed by atoms with Crippen LogP contribution in [0.1, 0.15) is 54.1 Å². The first-order chi connectivity index (χ1) is 16.3. The van der Waals surface area contributed by atoms with Crippen LogP contribution in [0.15, 0.2) is 36.4 Å². The Morgan fingerprint density at radius 2 is 2.00 bits per heavy atom. The van der Waals surface area contributed by atoms with Gasteiger partial charge in [-0.25, -0.2) is 4.98 Å². The van der Waals surface area contributed by atoms with Crippen LogP contribution >= 0.6 is 0 Å². The number of anilines is 1. The number of benzene rings is 1. The molecule has 1 fully saturated rings. The number of carboxylic acid groups (broad SMARTS) is 1. The summed E-state index contributed by atoms with van der Waals surface area (Å²) in [6.45, 7) is 2.52. The number of carbonyl (C=O) groups is 1. The lowest BCUT2D eigenvalue weighted by Gasteiger charge is -2.25. The molecule has 1 aromatic heterocycles. The van der Waals surface area contributed by atoms with Gasteiger partial charge in [0.1, 0.15) is 11.9 Å². The summed E-state index contributed by atoms with van der Waals surface area (Å²) in [6.07, 6.45) is 1.09. The van der Waals surface area contributed by atoms with Crippen LogP contribution in [-0.4, -0.2) is 53.3 Å². The van der Waals surface area contributed by atoms with Crippen LogP contribution in [-0.2, 0) is 28.5 Å². The second-order valence-electron chi connectivity index (χ2n) is 8.93. The van der Waals surface area contributed by atoms with E-state index in [4.69, 9.17) is 9.72 Å². The molecule has 0 saturated carbocycles. The van der Waals surface area contributed by atoms with E-state index >= 15 is 0 Å². The number of rotatable bonds is 9. The predicted octanol–water partition coefficient (Wildman–Crippen LogP) is 4.70. The summed E-state index contributed by atoms with van der Waals surface area (Å²) < 4.78 is 44.4. The number of hydrogen-bond donors (Lipinski definition) is 2. The molecule has 0 radical (unpaired) electrons. The number of hydrogen-bond acceptors (Lipinski definition) is 5. The number of aliphatic carboxylic acids is 1. The zero-order chi connectivity index (χ0) is 24.1. The van der Waals surface area contributed by atoms with Crippen LogP contribution in [0.5, 0.6) is 0 Å². The Morgan fingerprint density at radius 1 is 1.21 bits per heavy atom. The molecule has 0 amide bonds. The standard InChI is InChI=1S/C25H30F3N3O3/c26-25(27,28)19-9-6-17(7-10-19)22(24(32)33)31-14-12-21(16-31)34-15-2-1-5-20-11-8-18-4-3-13-29-23(18)30-20/h6-11,21-22H,1-5,12-16H2,(H,29,30)(H,32,33)/t21-,22-/m1/s1. The molecule has 34 heavy (non-hydrogen) atoms. The number of alkyl halides is 3. The Hall–Kier alpha value is -2.65. The highest BCUT2D eigenvalue weighted by Gasteiger charge is 2.35. The number of fused-ring (bicyclic) bond motifs is 1. The minimum absolute atomic E-state index is 0.0811. The maximum atomic E-state index is 12.8. The third-order valence-corrected chi connectivity index (χ3v) is 6.46. The van der Waals surface area contributed by atoms with Crippen LogP contribution in [0.4, 0.5) is 19.0 Å². The molecule has 2 atom stereocenters. The van der Waals surface area contributed by atoms with Gasteiger partial charge >= 0.3 is 12.1 Å². The number of likely N-dealkylation sites (tertiary alicyclic amines) is 1. The highest BCUT2D eigenvalue weighted by atomic mass is 19.4. The molecular weight excluding hydrogens is 447 g/mol. The Bertz CT molecular complexity index is 982. The van der Waals surface area contributed by atoms with E-state index in [-0.39, 0.29) is 6.10 Å². The molecule has 0 spiro atoms. The smallest absolute Gasteiger partial charge is 0.416 e. The van der Waals surface area contributed by atoms with Gasteiger partial charge in [0.2, 0.25) is 0 Å². The number of nitrogens with zero attached hydrogens (tertiary/aromatic N) is 2. The number of nitrogens with one attached hydrogen (secondary N) is 1. The van der Waals surface area contributed by atoms with Gasteiger partial charge in [0, 0.05) is 31.9 Å². The average molecular weight is 478 g/mol. The van der Waals surface area contributed by atoms with Crippen molar-refractivity contribution in [2.75, 3.05) is 31.6 Å². The highest BCUT2D eigenvalue weighted by Crippen LogP contribution is 2.32. The van der Waals surface area contributed by atoms with Crippen molar-refractivity contribution in [1.29, 1.82) is 0 Å². The molecule has 2 aliphatic rings. The van der Waals surface area contributed by atoms with E-state index in [2.05, 4.69) is 17.4 Å². The summed E-state index contributed by atoms with van der Waals surface area (Å²) in [5.41, 5.74) is 1.90. The lowest BCUT2D eigenvalue weighted by atomic mass is 10.0. The van der Waals surface area contributed by atoms with Crippen LogP contribution in [0.2, 0.25) is 0 Å². The van der Waals surface area contributed by atoms with Gasteiger partial charge in [-0.2, -0.15) is 13.2 Å². The van der Waals surface area contributed by atoms with E-state index in [1.54, 1.807) is 4.90 Å². The highest BCUT2D eigenvalue weighted by molar-refractivity contribution is 5.75. The summed E-state index contributed by atoms with van der Waals surface area (Å²) in [6, 6.07) is 7.63. The van der Waals surface area contributed by atoms with Gasteiger partial charge in [-0.1, -0.05) is 18.2 Å². The molecule has 4 rings (SSSR count).